The predicted octanol–water partition coefficient (Wildman–Crippen LogP) is 3.33. The van der Waals surface area contributed by atoms with Gasteiger partial charge in [-0.15, -0.1) is 0 Å². The molecule has 1 saturated heterocycles. The van der Waals surface area contributed by atoms with Crippen LogP contribution in [-0.4, -0.2) is 66.2 Å². The lowest BCUT2D eigenvalue weighted by molar-refractivity contribution is -0.122. The highest BCUT2D eigenvalue weighted by Gasteiger charge is 2.34. The van der Waals surface area contributed by atoms with Crippen LogP contribution in [0.5, 0.6) is 5.75 Å². The third-order valence-electron chi connectivity index (χ3n) is 6.46. The topological polar surface area (TPSA) is 82.1 Å². The largest absolute Gasteiger partial charge is 0.497 e. The van der Waals surface area contributed by atoms with E-state index in [1.807, 2.05) is 17.0 Å². The Labute approximate surface area is 179 Å². The lowest BCUT2D eigenvalue weighted by atomic mass is 10.1. The molecule has 7 nitrogen and oxygen atoms in total. The number of ether oxygens (including phenoxy) is 1. The van der Waals surface area contributed by atoms with Gasteiger partial charge in [0, 0.05) is 31.7 Å². The van der Waals surface area contributed by atoms with E-state index in [2.05, 4.69) is 22.3 Å². The highest BCUT2D eigenvalue weighted by Crippen LogP contribution is 2.30. The van der Waals surface area contributed by atoms with Crippen LogP contribution in [0, 0.1) is 5.92 Å². The minimum atomic E-state index is -0.250. The van der Waals surface area contributed by atoms with Gasteiger partial charge in [-0.1, -0.05) is 25.0 Å². The highest BCUT2D eigenvalue weighted by molar-refractivity contribution is 5.75. The zero-order chi connectivity index (χ0) is 21.3. The number of likely N-dealkylation sites (tertiary alicyclic amines) is 1. The molecule has 2 aliphatic carbocycles. The second-order valence-corrected chi connectivity index (χ2v) is 8.59. The first kappa shape index (κ1) is 22.4. The summed E-state index contributed by atoms with van der Waals surface area (Å²) in [5, 5.41) is 10.1. The van der Waals surface area contributed by atoms with Crippen molar-refractivity contribution in [3.63, 3.8) is 0 Å². The molecule has 0 radical (unpaired) electrons. The molecule has 3 aliphatic rings. The fourth-order valence-corrected chi connectivity index (χ4v) is 4.64. The number of hydrogen-bond donors (Lipinski definition) is 2. The molecule has 4 rings (SSSR count). The molecule has 0 spiro atoms. The number of rotatable bonds is 7. The molecule has 7 heteroatoms. The van der Waals surface area contributed by atoms with Crippen molar-refractivity contribution >= 4 is 12.5 Å². The first-order valence-corrected chi connectivity index (χ1v) is 11.1. The number of amides is 2. The third kappa shape index (κ3) is 6.36. The molecule has 1 aliphatic heterocycles. The number of carboxylic acid groups (broad SMARTS) is 1. The quantitative estimate of drug-likeness (QED) is 0.665. The minimum absolute atomic E-state index is 0.104. The average Bonchev–Trinajstić information content (AvgIpc) is 3.25. The second-order valence-electron chi connectivity index (χ2n) is 8.59. The van der Waals surface area contributed by atoms with Crippen LogP contribution in [0.15, 0.2) is 24.3 Å². The molecule has 0 aromatic heterocycles. The molecule has 1 atom stereocenters. The summed E-state index contributed by atoms with van der Waals surface area (Å²) in [6, 6.07) is 9.36. The Bertz CT molecular complexity index is 672. The molecular formula is C23H35N3O4. The molecule has 2 N–H and O–H groups in total. The van der Waals surface area contributed by atoms with E-state index in [1.54, 1.807) is 7.11 Å². The maximum Gasteiger partial charge on any atom is 0.317 e. The predicted molar refractivity (Wildman–Crippen MR) is 116 cm³/mol. The molecule has 166 valence electrons. The van der Waals surface area contributed by atoms with Gasteiger partial charge in [-0.2, -0.15) is 0 Å². The van der Waals surface area contributed by atoms with Gasteiger partial charge >= 0.3 is 6.03 Å². The van der Waals surface area contributed by atoms with Gasteiger partial charge in [0.25, 0.3) is 6.47 Å². The molecule has 1 heterocycles. The summed E-state index contributed by atoms with van der Waals surface area (Å²) < 4.78 is 5.23. The van der Waals surface area contributed by atoms with Crippen LogP contribution in [0.4, 0.5) is 4.79 Å². The number of carbonyl (C=O) groups is 2. The number of benzene rings is 1. The van der Waals surface area contributed by atoms with Gasteiger partial charge < -0.3 is 25.0 Å². The van der Waals surface area contributed by atoms with Crippen molar-refractivity contribution < 1.29 is 19.4 Å². The second kappa shape index (κ2) is 11.2. The van der Waals surface area contributed by atoms with Crippen molar-refractivity contribution in [3.05, 3.63) is 29.8 Å². The summed E-state index contributed by atoms with van der Waals surface area (Å²) >= 11 is 0. The van der Waals surface area contributed by atoms with E-state index in [0.717, 1.165) is 43.3 Å². The van der Waals surface area contributed by atoms with Crippen molar-refractivity contribution in [2.75, 3.05) is 26.7 Å². The molecule has 1 unspecified atom stereocenters. The van der Waals surface area contributed by atoms with E-state index in [4.69, 9.17) is 14.6 Å². The summed E-state index contributed by atoms with van der Waals surface area (Å²) in [6.07, 6.45) is 9.00. The lowest BCUT2D eigenvalue weighted by Crippen LogP contribution is -2.43. The van der Waals surface area contributed by atoms with Crippen molar-refractivity contribution in [1.29, 1.82) is 0 Å². The number of nitrogens with zero attached hydrogens (tertiary/aromatic N) is 2. The molecular weight excluding hydrogens is 382 g/mol. The van der Waals surface area contributed by atoms with Crippen molar-refractivity contribution in [3.8, 4) is 5.75 Å². The number of nitrogens with one attached hydrogen (secondary N) is 1. The van der Waals surface area contributed by atoms with Crippen molar-refractivity contribution in [2.24, 2.45) is 5.92 Å². The number of methoxy groups -OCH3 is 1. The van der Waals surface area contributed by atoms with Crippen molar-refractivity contribution in [1.82, 2.24) is 15.1 Å². The fraction of sp³-hybridized carbons (Fsp3) is 0.652. The molecule has 2 amide bonds. The van der Waals surface area contributed by atoms with Crippen LogP contribution < -0.4 is 10.1 Å². The van der Waals surface area contributed by atoms with Gasteiger partial charge in [0.2, 0.25) is 0 Å². The summed E-state index contributed by atoms with van der Waals surface area (Å²) in [4.78, 5) is 25.9. The molecule has 1 aromatic rings. The Balaban J connectivity index is 0.000000806. The molecule has 2 saturated carbocycles. The Kier molecular flexibility index (Phi) is 8.37. The Morgan fingerprint density at radius 2 is 1.87 bits per heavy atom. The first-order valence-electron chi connectivity index (χ1n) is 11.1. The van der Waals surface area contributed by atoms with Crippen LogP contribution >= 0.6 is 0 Å². The Morgan fingerprint density at radius 3 is 2.47 bits per heavy atom. The summed E-state index contributed by atoms with van der Waals surface area (Å²) in [5.74, 6) is 1.46. The number of hydrogen-bond acceptors (Lipinski definition) is 4. The van der Waals surface area contributed by atoms with Crippen LogP contribution in [-0.2, 0) is 11.3 Å². The van der Waals surface area contributed by atoms with Gasteiger partial charge in [0.15, 0.2) is 0 Å². The zero-order valence-corrected chi connectivity index (χ0v) is 18.0. The van der Waals surface area contributed by atoms with Crippen LogP contribution in [0.3, 0.4) is 0 Å². The van der Waals surface area contributed by atoms with Gasteiger partial charge in [0.05, 0.1) is 7.11 Å². The minimum Gasteiger partial charge on any atom is -0.497 e. The van der Waals surface area contributed by atoms with E-state index in [1.165, 1.54) is 38.6 Å². The van der Waals surface area contributed by atoms with Crippen molar-refractivity contribution in [2.45, 2.75) is 63.6 Å². The van der Waals surface area contributed by atoms with E-state index >= 15 is 0 Å². The number of carbonyl (C=O) groups excluding carboxylic acids is 1. The van der Waals surface area contributed by atoms with E-state index in [9.17, 15) is 4.79 Å². The third-order valence-corrected chi connectivity index (χ3v) is 6.46. The normalized spacial score (nSPS) is 21.6. The molecule has 3 fully saturated rings. The summed E-state index contributed by atoms with van der Waals surface area (Å²) in [6.45, 7) is 3.61. The van der Waals surface area contributed by atoms with E-state index < -0.39 is 0 Å². The smallest absolute Gasteiger partial charge is 0.317 e. The Hall–Kier alpha value is -2.28. The van der Waals surface area contributed by atoms with Gasteiger partial charge in [-0.3, -0.25) is 4.79 Å². The molecule has 0 bridgehead atoms. The molecule has 1 aromatic carbocycles. The summed E-state index contributed by atoms with van der Waals surface area (Å²) in [7, 11) is 1.68. The van der Waals surface area contributed by atoms with E-state index in [0.29, 0.717) is 18.5 Å². The van der Waals surface area contributed by atoms with Gasteiger partial charge in [-0.25, -0.2) is 4.79 Å². The van der Waals surface area contributed by atoms with Crippen LogP contribution in [0.25, 0.3) is 0 Å². The fourth-order valence-electron chi connectivity index (χ4n) is 4.64. The Morgan fingerprint density at radius 1 is 1.20 bits per heavy atom. The highest BCUT2D eigenvalue weighted by atomic mass is 16.5. The van der Waals surface area contributed by atoms with E-state index in [-0.39, 0.29) is 12.5 Å². The first-order chi connectivity index (χ1) is 14.6. The maximum absolute atomic E-state index is 12.8. The van der Waals surface area contributed by atoms with Crippen LogP contribution in [0.2, 0.25) is 0 Å². The monoisotopic (exact) mass is 417 g/mol. The zero-order valence-electron chi connectivity index (χ0n) is 18.0. The standard InChI is InChI=1S/C22H33N3O2.CH2O2/c1-27-21-10-6-17(7-11-21)16-25(20-8-9-20)22(26)23-14-18-12-13-24(15-18)19-4-2-3-5-19;2-1-3/h6-7,10-11,18-20H,2-5,8-9,12-16H2,1H3,(H,23,26);1H,(H,2,3). The average molecular weight is 418 g/mol. The molecule has 30 heavy (non-hydrogen) atoms. The summed E-state index contributed by atoms with van der Waals surface area (Å²) in [5.41, 5.74) is 1.16. The SMILES string of the molecule is COc1ccc(CN(C(=O)NCC2CCN(C3CCCC3)C2)C2CC2)cc1.O=CO. The van der Waals surface area contributed by atoms with Crippen LogP contribution in [0.1, 0.15) is 50.5 Å². The number of urea groups is 1. The lowest BCUT2D eigenvalue weighted by Gasteiger charge is -2.25. The van der Waals surface area contributed by atoms with Gasteiger partial charge in [-0.05, 0) is 62.3 Å². The van der Waals surface area contributed by atoms with Gasteiger partial charge in [0.1, 0.15) is 5.75 Å². The maximum atomic E-state index is 12.8.